The zero-order valence-corrected chi connectivity index (χ0v) is 11.4. The van der Waals surface area contributed by atoms with E-state index in [1.807, 2.05) is 13.0 Å². The molecule has 0 unspecified atom stereocenters. The minimum atomic E-state index is -3.83. The number of aryl methyl sites for hydroxylation is 1. The van der Waals surface area contributed by atoms with Crippen molar-refractivity contribution in [3.8, 4) is 0 Å². The van der Waals surface area contributed by atoms with Gasteiger partial charge in [0.25, 0.3) is 0 Å². The molecule has 0 spiro atoms. The molecule has 0 N–H and O–H groups in total. The molecule has 0 aliphatic carbocycles. The van der Waals surface area contributed by atoms with Gasteiger partial charge < -0.3 is 17.6 Å². The number of allylic oxidation sites excluding steroid dienone is 2. The van der Waals surface area contributed by atoms with E-state index in [4.69, 9.17) is 0 Å². The van der Waals surface area contributed by atoms with Crippen LogP contribution in [0.2, 0.25) is 0 Å². The fourth-order valence-corrected chi connectivity index (χ4v) is 3.02. The summed E-state index contributed by atoms with van der Waals surface area (Å²) in [4.78, 5) is 4.15. The number of pyridine rings is 1. The van der Waals surface area contributed by atoms with Crippen LogP contribution in [0.25, 0.3) is 5.57 Å². The number of hydrogen-bond acceptors (Lipinski definition) is 1. The lowest BCUT2D eigenvalue weighted by Gasteiger charge is -2.31. The number of hydrogen-bond donors (Lipinski definition) is 0. The van der Waals surface area contributed by atoms with Crippen molar-refractivity contribution in [2.45, 2.75) is 6.92 Å². The Bertz CT molecular complexity index is 846. The molecule has 0 amide bonds. The average molecular weight is 283 g/mol. The van der Waals surface area contributed by atoms with Crippen LogP contribution in [0.5, 0.6) is 0 Å². The third-order valence-electron chi connectivity index (χ3n) is 4.05. The van der Waals surface area contributed by atoms with Crippen LogP contribution < -0.4 is 0 Å². The van der Waals surface area contributed by atoms with Crippen LogP contribution in [0.15, 0.2) is 54.6 Å². The van der Waals surface area contributed by atoms with Gasteiger partial charge in [-0.25, -0.2) is 0 Å². The third-order valence-corrected chi connectivity index (χ3v) is 4.05. The summed E-state index contributed by atoms with van der Waals surface area (Å²) in [5, 5.41) is 0. The molecule has 0 radical (unpaired) electrons. The molecule has 2 aromatic rings. The number of fused-ring (bicyclic) bond motifs is 2. The Morgan fingerprint density at radius 2 is 2.14 bits per heavy atom. The smallest absolute Gasteiger partial charge is 0.396 e. The van der Waals surface area contributed by atoms with Gasteiger partial charge >= 0.3 is 6.97 Å². The van der Waals surface area contributed by atoms with E-state index in [9.17, 15) is 8.63 Å². The Balaban J connectivity index is 2.09. The molecule has 2 aromatic heterocycles. The van der Waals surface area contributed by atoms with Gasteiger partial charge in [0.05, 0.1) is 5.57 Å². The first-order valence-corrected chi connectivity index (χ1v) is 6.75. The predicted molar refractivity (Wildman–Crippen MR) is 78.3 cm³/mol. The zero-order valence-electron chi connectivity index (χ0n) is 11.4. The first-order valence-electron chi connectivity index (χ1n) is 6.75. The van der Waals surface area contributed by atoms with Gasteiger partial charge in [0.2, 0.25) is 0 Å². The maximum absolute atomic E-state index is 14.6. The van der Waals surface area contributed by atoms with Gasteiger partial charge in [0.1, 0.15) is 6.21 Å². The van der Waals surface area contributed by atoms with Crippen LogP contribution in [-0.4, -0.2) is 27.1 Å². The van der Waals surface area contributed by atoms with Crippen molar-refractivity contribution in [2.75, 3.05) is 0 Å². The molecule has 0 saturated heterocycles. The molecule has 0 bridgehead atoms. The van der Waals surface area contributed by atoms with Crippen LogP contribution in [0.3, 0.4) is 0 Å². The topological polar surface area (TPSA) is 20.8 Å². The number of halogens is 2. The van der Waals surface area contributed by atoms with Crippen molar-refractivity contribution in [1.82, 2.24) is 9.46 Å². The average Bonchev–Trinajstić information content (AvgIpc) is 3.10. The van der Waals surface area contributed by atoms with Gasteiger partial charge in [-0.3, -0.25) is 4.98 Å². The van der Waals surface area contributed by atoms with Crippen molar-refractivity contribution >= 4 is 18.8 Å². The van der Waals surface area contributed by atoms with Gasteiger partial charge in [0.15, 0.2) is 5.70 Å². The second kappa shape index (κ2) is 4.01. The highest BCUT2D eigenvalue weighted by molar-refractivity contribution is 6.57. The third kappa shape index (κ3) is 1.53. The van der Waals surface area contributed by atoms with Crippen molar-refractivity contribution in [3.05, 3.63) is 71.5 Å². The first-order chi connectivity index (χ1) is 10.1. The fraction of sp³-hybridized carbons (Fsp3) is 0.0667. The summed E-state index contributed by atoms with van der Waals surface area (Å²) in [6, 6.07) is 5.28. The highest BCUT2D eigenvalue weighted by Gasteiger charge is 2.51. The molecule has 4 heterocycles. The molecule has 104 valence electrons. The fourth-order valence-electron chi connectivity index (χ4n) is 3.02. The Labute approximate surface area is 120 Å². The molecule has 0 saturated carbocycles. The van der Waals surface area contributed by atoms with Crippen LogP contribution in [0.4, 0.5) is 8.63 Å². The summed E-state index contributed by atoms with van der Waals surface area (Å²) >= 11 is 0. The first kappa shape index (κ1) is 12.3. The highest BCUT2D eigenvalue weighted by Crippen LogP contribution is 2.38. The second-order valence-electron chi connectivity index (χ2n) is 5.26. The van der Waals surface area contributed by atoms with E-state index in [1.54, 1.807) is 36.7 Å². The SMILES string of the molecule is Cc1ccncc1C1=C2C=CC=[N+]2[B-](F)(F)n2cccc21. The lowest BCUT2D eigenvalue weighted by atomic mass is 9.86. The van der Waals surface area contributed by atoms with Crippen molar-refractivity contribution < 1.29 is 13.1 Å². The molecule has 2 aliphatic rings. The van der Waals surface area contributed by atoms with Gasteiger partial charge in [-0.2, -0.15) is 0 Å². The minimum Gasteiger partial charge on any atom is -0.396 e. The summed E-state index contributed by atoms with van der Waals surface area (Å²) in [6.45, 7) is -1.87. The maximum atomic E-state index is 14.6. The summed E-state index contributed by atoms with van der Waals surface area (Å²) in [6.07, 6.45) is 9.69. The molecular formula is C15H12BF2N3. The molecule has 21 heavy (non-hydrogen) atoms. The molecule has 4 rings (SSSR count). The van der Waals surface area contributed by atoms with Crippen LogP contribution in [0, 0.1) is 6.92 Å². The maximum Gasteiger partial charge on any atom is 0.737 e. The van der Waals surface area contributed by atoms with E-state index in [0.29, 0.717) is 11.4 Å². The molecule has 0 atom stereocenters. The van der Waals surface area contributed by atoms with E-state index in [1.165, 1.54) is 12.4 Å². The summed E-state index contributed by atoms with van der Waals surface area (Å²) in [5.41, 5.74) is 3.75. The largest absolute Gasteiger partial charge is 0.737 e. The van der Waals surface area contributed by atoms with E-state index >= 15 is 0 Å². The monoisotopic (exact) mass is 283 g/mol. The number of rotatable bonds is 1. The molecule has 6 heteroatoms. The standard InChI is InChI=1S/C15H12BF2N3/c1-11-6-7-19-10-12(11)15-13-4-2-8-20(13)16(17,18)21-9-3-5-14(15)21/h2-10H,1H3. The van der Waals surface area contributed by atoms with Crippen LogP contribution in [-0.2, 0) is 0 Å². The number of nitrogens with zero attached hydrogens (tertiary/aromatic N) is 3. The van der Waals surface area contributed by atoms with Crippen LogP contribution >= 0.6 is 0 Å². The Morgan fingerprint density at radius 1 is 1.29 bits per heavy atom. The predicted octanol–water partition coefficient (Wildman–Crippen LogP) is 2.84. The Kier molecular flexibility index (Phi) is 2.34. The van der Waals surface area contributed by atoms with Gasteiger partial charge in [0, 0.05) is 35.8 Å². The lowest BCUT2D eigenvalue weighted by Crippen LogP contribution is -2.49. The zero-order chi connectivity index (χ0) is 14.6. The van der Waals surface area contributed by atoms with Gasteiger partial charge in [-0.05, 0) is 36.9 Å². The molecule has 0 aromatic carbocycles. The minimum absolute atomic E-state index is 0.530. The molecule has 3 nitrogen and oxygen atoms in total. The quantitative estimate of drug-likeness (QED) is 0.737. The van der Waals surface area contributed by atoms with Crippen LogP contribution in [0.1, 0.15) is 16.8 Å². The normalized spacial score (nSPS) is 18.5. The van der Waals surface area contributed by atoms with Gasteiger partial charge in [-0.15, -0.1) is 0 Å². The van der Waals surface area contributed by atoms with Gasteiger partial charge in [-0.1, -0.05) is 0 Å². The number of aromatic nitrogens is 2. The van der Waals surface area contributed by atoms with E-state index in [0.717, 1.165) is 25.7 Å². The van der Waals surface area contributed by atoms with E-state index < -0.39 is 6.97 Å². The summed E-state index contributed by atoms with van der Waals surface area (Å²) in [5.74, 6) is 0. The van der Waals surface area contributed by atoms with Crippen molar-refractivity contribution in [1.29, 1.82) is 0 Å². The Hall–Kier alpha value is -2.50. The van der Waals surface area contributed by atoms with E-state index in [-0.39, 0.29) is 0 Å². The summed E-state index contributed by atoms with van der Waals surface area (Å²) < 4.78 is 31.3. The van der Waals surface area contributed by atoms with Crippen molar-refractivity contribution in [2.24, 2.45) is 0 Å². The van der Waals surface area contributed by atoms with Crippen molar-refractivity contribution in [3.63, 3.8) is 0 Å². The van der Waals surface area contributed by atoms with E-state index in [2.05, 4.69) is 4.98 Å². The summed E-state index contributed by atoms with van der Waals surface area (Å²) in [7, 11) is 0. The Morgan fingerprint density at radius 3 is 2.95 bits per heavy atom. The molecular weight excluding hydrogens is 271 g/mol. The molecule has 2 aliphatic heterocycles. The second-order valence-corrected chi connectivity index (χ2v) is 5.26. The lowest BCUT2D eigenvalue weighted by molar-refractivity contribution is -0.356. The highest BCUT2D eigenvalue weighted by atomic mass is 19.2. The molecule has 0 fully saturated rings.